The molecule has 128 valence electrons. The molecule has 23 heavy (non-hydrogen) atoms. The van der Waals surface area contributed by atoms with Crippen LogP contribution in [0.3, 0.4) is 0 Å². The molecule has 3 heteroatoms. The van der Waals surface area contributed by atoms with Gasteiger partial charge in [0.1, 0.15) is 0 Å². The molecule has 4 aliphatic rings. The van der Waals surface area contributed by atoms with E-state index in [4.69, 9.17) is 4.74 Å². The Morgan fingerprint density at radius 3 is 2.61 bits per heavy atom. The average Bonchev–Trinajstić information content (AvgIpc) is 2.90. The summed E-state index contributed by atoms with van der Waals surface area (Å²) in [5.74, 6) is 2.24. The van der Waals surface area contributed by atoms with E-state index in [9.17, 15) is 10.2 Å². The lowest BCUT2D eigenvalue weighted by molar-refractivity contribution is -0.135. The maximum absolute atomic E-state index is 10.1. The van der Waals surface area contributed by atoms with Crippen LogP contribution in [-0.2, 0) is 4.74 Å². The zero-order valence-electron chi connectivity index (χ0n) is 14.6. The summed E-state index contributed by atoms with van der Waals surface area (Å²) in [6.07, 6.45) is 11.6. The fourth-order valence-corrected chi connectivity index (χ4v) is 6.72. The van der Waals surface area contributed by atoms with Crippen molar-refractivity contribution in [2.24, 2.45) is 34.5 Å². The molecule has 0 aliphatic heterocycles. The SMILES string of the molecule is CO[C@H]1CC2C=C(O)C(O)=C[C@]2(C)[C@H]2CC[C@]3(C)CCC[C@H]3[C@H]12. The first-order chi connectivity index (χ1) is 10.9. The van der Waals surface area contributed by atoms with Gasteiger partial charge in [-0.2, -0.15) is 0 Å². The van der Waals surface area contributed by atoms with Crippen molar-refractivity contribution in [2.75, 3.05) is 7.11 Å². The summed E-state index contributed by atoms with van der Waals surface area (Å²) in [4.78, 5) is 0. The molecule has 2 N–H and O–H groups in total. The number of aliphatic hydroxyl groups excluding tert-OH is 2. The Morgan fingerprint density at radius 1 is 1.09 bits per heavy atom. The summed E-state index contributed by atoms with van der Waals surface area (Å²) in [6.45, 7) is 4.78. The van der Waals surface area contributed by atoms with Crippen molar-refractivity contribution in [1.82, 2.24) is 0 Å². The summed E-state index contributed by atoms with van der Waals surface area (Å²) in [5, 5.41) is 20.1. The van der Waals surface area contributed by atoms with Crippen LogP contribution < -0.4 is 0 Å². The summed E-state index contributed by atoms with van der Waals surface area (Å²) in [7, 11) is 1.85. The van der Waals surface area contributed by atoms with E-state index in [2.05, 4.69) is 13.8 Å². The van der Waals surface area contributed by atoms with Gasteiger partial charge in [0.25, 0.3) is 0 Å². The zero-order valence-corrected chi connectivity index (χ0v) is 14.6. The molecule has 0 aromatic carbocycles. The molecule has 0 radical (unpaired) electrons. The molecule has 0 spiro atoms. The van der Waals surface area contributed by atoms with Crippen LogP contribution in [0, 0.1) is 34.5 Å². The summed E-state index contributed by atoms with van der Waals surface area (Å²) >= 11 is 0. The number of methoxy groups -OCH3 is 1. The van der Waals surface area contributed by atoms with Crippen LogP contribution in [0.15, 0.2) is 23.7 Å². The molecule has 3 saturated carbocycles. The highest BCUT2D eigenvalue weighted by Crippen LogP contribution is 2.65. The van der Waals surface area contributed by atoms with Crippen LogP contribution in [0.4, 0.5) is 0 Å². The van der Waals surface area contributed by atoms with E-state index in [0.717, 1.165) is 12.3 Å². The van der Waals surface area contributed by atoms with E-state index in [1.54, 1.807) is 0 Å². The zero-order chi connectivity index (χ0) is 16.4. The van der Waals surface area contributed by atoms with Crippen LogP contribution in [0.25, 0.3) is 0 Å². The van der Waals surface area contributed by atoms with Crippen molar-refractivity contribution in [3.8, 4) is 0 Å². The van der Waals surface area contributed by atoms with Crippen molar-refractivity contribution >= 4 is 0 Å². The second kappa shape index (κ2) is 5.02. The molecule has 0 bridgehead atoms. The normalized spacial score (nSPS) is 52.0. The molecule has 3 fully saturated rings. The highest BCUT2D eigenvalue weighted by Gasteiger charge is 2.60. The number of hydrogen-bond acceptors (Lipinski definition) is 3. The third-order valence-electron chi connectivity index (χ3n) is 8.00. The van der Waals surface area contributed by atoms with Gasteiger partial charge >= 0.3 is 0 Å². The molecule has 7 atom stereocenters. The standard InChI is InChI=1S/C20H30O3/c1-19-7-4-5-13(19)18-14(6-8-19)20(2)11-16(22)15(21)9-12(20)10-17(18)23-3/h9,11-14,17-18,21-22H,4-8,10H2,1-3H3/t12?,13-,14-,17-,18-,19-,20-/m0/s1. The van der Waals surface area contributed by atoms with Crippen molar-refractivity contribution < 1.29 is 14.9 Å². The van der Waals surface area contributed by atoms with Crippen LogP contribution in [-0.4, -0.2) is 23.4 Å². The van der Waals surface area contributed by atoms with Gasteiger partial charge in [-0.15, -0.1) is 0 Å². The predicted octanol–water partition coefficient (Wildman–Crippen LogP) is 4.76. The Hall–Kier alpha value is -0.960. The van der Waals surface area contributed by atoms with Gasteiger partial charge in [0, 0.05) is 7.11 Å². The Bertz CT molecular complexity index is 565. The number of ether oxygens (including phenoxy) is 1. The van der Waals surface area contributed by atoms with Crippen LogP contribution >= 0.6 is 0 Å². The molecular formula is C20H30O3. The van der Waals surface area contributed by atoms with Gasteiger partial charge in [-0.1, -0.05) is 20.3 Å². The molecule has 1 unspecified atom stereocenters. The van der Waals surface area contributed by atoms with Gasteiger partial charge in [0.15, 0.2) is 11.5 Å². The molecular weight excluding hydrogens is 288 g/mol. The number of allylic oxidation sites excluding steroid dienone is 2. The maximum Gasteiger partial charge on any atom is 0.153 e. The van der Waals surface area contributed by atoms with Gasteiger partial charge in [-0.3, -0.25) is 0 Å². The van der Waals surface area contributed by atoms with Gasteiger partial charge in [0.2, 0.25) is 0 Å². The molecule has 0 saturated heterocycles. The largest absolute Gasteiger partial charge is 0.504 e. The van der Waals surface area contributed by atoms with Crippen molar-refractivity contribution in [1.29, 1.82) is 0 Å². The van der Waals surface area contributed by atoms with Crippen LogP contribution in [0.5, 0.6) is 0 Å². The first kappa shape index (κ1) is 15.6. The molecule has 3 nitrogen and oxygen atoms in total. The molecule has 0 aromatic heterocycles. The van der Waals surface area contributed by atoms with Crippen molar-refractivity contribution in [2.45, 2.75) is 58.5 Å². The Balaban J connectivity index is 1.76. The summed E-state index contributed by atoms with van der Waals surface area (Å²) in [6, 6.07) is 0. The van der Waals surface area contributed by atoms with Gasteiger partial charge in [-0.25, -0.2) is 0 Å². The quantitative estimate of drug-likeness (QED) is 0.733. The van der Waals surface area contributed by atoms with Gasteiger partial charge in [0.05, 0.1) is 6.10 Å². The highest BCUT2D eigenvalue weighted by atomic mass is 16.5. The minimum atomic E-state index is -0.0556. The van der Waals surface area contributed by atoms with Crippen LogP contribution in [0.2, 0.25) is 0 Å². The molecule has 0 amide bonds. The number of hydrogen-bond donors (Lipinski definition) is 2. The molecule has 0 heterocycles. The number of aliphatic hydroxyl groups is 2. The molecule has 4 aliphatic carbocycles. The third-order valence-corrected chi connectivity index (χ3v) is 8.00. The number of fused-ring (bicyclic) bond motifs is 5. The lowest BCUT2D eigenvalue weighted by atomic mass is 9.46. The topological polar surface area (TPSA) is 49.7 Å². The van der Waals surface area contributed by atoms with Crippen molar-refractivity contribution in [3.05, 3.63) is 23.7 Å². The Morgan fingerprint density at radius 2 is 1.87 bits per heavy atom. The highest BCUT2D eigenvalue weighted by molar-refractivity contribution is 5.31. The summed E-state index contributed by atoms with van der Waals surface area (Å²) in [5.41, 5.74) is 0.430. The Labute approximate surface area is 139 Å². The maximum atomic E-state index is 10.1. The first-order valence-corrected chi connectivity index (χ1v) is 9.25. The minimum absolute atomic E-state index is 0.0438. The monoisotopic (exact) mass is 318 g/mol. The fraction of sp³-hybridized carbons (Fsp3) is 0.800. The Kier molecular flexibility index (Phi) is 3.39. The molecule has 0 aromatic rings. The van der Waals surface area contributed by atoms with E-state index in [1.165, 1.54) is 32.1 Å². The lowest BCUT2D eigenvalue weighted by Gasteiger charge is -2.59. The van der Waals surface area contributed by atoms with Gasteiger partial charge < -0.3 is 14.9 Å². The predicted molar refractivity (Wildman–Crippen MR) is 90.1 cm³/mol. The average molecular weight is 318 g/mol. The van der Waals surface area contributed by atoms with Gasteiger partial charge in [-0.05, 0) is 78.8 Å². The van der Waals surface area contributed by atoms with E-state index in [1.807, 2.05) is 19.3 Å². The molecule has 4 rings (SSSR count). The smallest absolute Gasteiger partial charge is 0.153 e. The summed E-state index contributed by atoms with van der Waals surface area (Å²) < 4.78 is 5.98. The lowest BCUT2D eigenvalue weighted by Crippen LogP contribution is -2.56. The van der Waals surface area contributed by atoms with E-state index >= 15 is 0 Å². The third kappa shape index (κ3) is 2.05. The first-order valence-electron chi connectivity index (χ1n) is 9.25. The van der Waals surface area contributed by atoms with E-state index in [0.29, 0.717) is 17.3 Å². The van der Waals surface area contributed by atoms with Crippen LogP contribution in [0.1, 0.15) is 52.4 Å². The number of rotatable bonds is 1. The van der Waals surface area contributed by atoms with Crippen molar-refractivity contribution in [3.63, 3.8) is 0 Å². The van der Waals surface area contributed by atoms with E-state index in [-0.39, 0.29) is 29.0 Å². The minimum Gasteiger partial charge on any atom is -0.504 e. The second-order valence-corrected chi connectivity index (χ2v) is 8.94. The van der Waals surface area contributed by atoms with E-state index < -0.39 is 0 Å². The second-order valence-electron chi connectivity index (χ2n) is 8.94. The fourth-order valence-electron chi connectivity index (χ4n) is 6.72.